The molecule has 2 aromatic rings. The van der Waals surface area contributed by atoms with Crippen molar-refractivity contribution in [3.05, 3.63) is 53.6 Å². The number of ether oxygens (including phenoxy) is 1. The summed E-state index contributed by atoms with van der Waals surface area (Å²) in [4.78, 5) is 9.61. The van der Waals surface area contributed by atoms with Crippen molar-refractivity contribution in [2.24, 2.45) is 15.9 Å². The normalized spacial score (nSPS) is 27.2. The summed E-state index contributed by atoms with van der Waals surface area (Å²) < 4.78 is 5.50. The third-order valence-electron chi connectivity index (χ3n) is 5.19. The molecule has 2 aliphatic rings. The maximum Gasteiger partial charge on any atom is 0.122 e. The van der Waals surface area contributed by atoms with E-state index in [1.54, 1.807) is 0 Å². The molecule has 2 unspecified atom stereocenters. The zero-order valence-corrected chi connectivity index (χ0v) is 17.3. The number of hydrogen-bond acceptors (Lipinski definition) is 5. The summed E-state index contributed by atoms with van der Waals surface area (Å²) >= 11 is 7.49. The van der Waals surface area contributed by atoms with Crippen LogP contribution in [0.25, 0.3) is 0 Å². The Labute approximate surface area is 174 Å². The predicted octanol–water partition coefficient (Wildman–Crippen LogP) is 6.17. The van der Waals surface area contributed by atoms with Crippen LogP contribution >= 0.6 is 23.4 Å². The number of fused-ring (bicyclic) bond motifs is 1. The van der Waals surface area contributed by atoms with Gasteiger partial charge in [0.2, 0.25) is 0 Å². The lowest BCUT2D eigenvalue weighted by molar-refractivity contribution is 0.0493. The molecule has 2 aromatic carbocycles. The Hall–Kier alpha value is -1.82. The largest absolute Gasteiger partial charge is 0.494 e. The molecule has 0 radical (unpaired) electrons. The number of aliphatic imine (C=N–C) groups is 2. The van der Waals surface area contributed by atoms with E-state index in [1.165, 1.54) is 11.8 Å². The summed E-state index contributed by atoms with van der Waals surface area (Å²) in [5.74, 6) is 0.827. The van der Waals surface area contributed by atoms with Crippen LogP contribution in [0.3, 0.4) is 0 Å². The molecule has 4 rings (SSSR count). The third-order valence-corrected chi connectivity index (χ3v) is 6.67. The second-order valence-electron chi connectivity index (χ2n) is 7.10. The third kappa shape index (κ3) is 3.97. The highest BCUT2D eigenvalue weighted by Crippen LogP contribution is 2.48. The highest BCUT2D eigenvalue weighted by atomic mass is 35.5. The number of benzene rings is 2. The van der Waals surface area contributed by atoms with Crippen molar-refractivity contribution >= 4 is 44.8 Å². The summed E-state index contributed by atoms with van der Waals surface area (Å²) in [5.41, 5.74) is 0.742. The fraction of sp³-hybridized carbons (Fsp3) is 0.364. The van der Waals surface area contributed by atoms with E-state index in [1.807, 2.05) is 55.5 Å². The standard InChI is InChI=1S/C22H23ClN2O2S/c1-2-27-18-12-10-17(11-13-18)25-21-22(26)14-4-3-5-19(22)20(28-21)24-16-8-6-15(23)7-9-16/h6-13,19,26H,2-5,14H2,1H3. The Kier molecular flexibility index (Phi) is 5.76. The van der Waals surface area contributed by atoms with Crippen molar-refractivity contribution < 1.29 is 9.84 Å². The van der Waals surface area contributed by atoms with Crippen LogP contribution in [-0.4, -0.2) is 27.4 Å². The fourth-order valence-electron chi connectivity index (χ4n) is 3.76. The molecule has 1 aliphatic carbocycles. The van der Waals surface area contributed by atoms with Gasteiger partial charge in [0.15, 0.2) is 0 Å². The summed E-state index contributed by atoms with van der Waals surface area (Å²) in [7, 11) is 0. The molecule has 0 amide bonds. The quantitative estimate of drug-likeness (QED) is 0.651. The van der Waals surface area contributed by atoms with Crippen molar-refractivity contribution in [3.63, 3.8) is 0 Å². The first-order valence-corrected chi connectivity index (χ1v) is 10.8. The van der Waals surface area contributed by atoms with Gasteiger partial charge in [-0.3, -0.25) is 0 Å². The maximum absolute atomic E-state index is 11.5. The Bertz CT molecular complexity index is 896. The van der Waals surface area contributed by atoms with Gasteiger partial charge in [-0.2, -0.15) is 0 Å². The second-order valence-corrected chi connectivity index (χ2v) is 8.54. The van der Waals surface area contributed by atoms with E-state index in [-0.39, 0.29) is 5.92 Å². The molecule has 1 heterocycles. The van der Waals surface area contributed by atoms with Crippen LogP contribution in [-0.2, 0) is 0 Å². The summed E-state index contributed by atoms with van der Waals surface area (Å²) in [6.07, 6.45) is 3.76. The summed E-state index contributed by atoms with van der Waals surface area (Å²) in [6.45, 7) is 2.60. The van der Waals surface area contributed by atoms with Gasteiger partial charge in [0.05, 0.1) is 23.0 Å². The SMILES string of the molecule is CCOc1ccc(N=C2SC(=Nc3ccc(Cl)cc3)C3CCCCC23O)cc1. The smallest absolute Gasteiger partial charge is 0.122 e. The van der Waals surface area contributed by atoms with Gasteiger partial charge in [0.25, 0.3) is 0 Å². The van der Waals surface area contributed by atoms with Gasteiger partial charge >= 0.3 is 0 Å². The van der Waals surface area contributed by atoms with E-state index in [9.17, 15) is 5.11 Å². The number of hydrogen-bond donors (Lipinski definition) is 1. The molecule has 2 atom stereocenters. The Morgan fingerprint density at radius 1 is 1.07 bits per heavy atom. The first kappa shape index (κ1) is 19.5. The van der Waals surface area contributed by atoms with Gasteiger partial charge in [0.1, 0.15) is 16.4 Å². The summed E-state index contributed by atoms with van der Waals surface area (Å²) in [5, 5.41) is 13.9. The lowest BCUT2D eigenvalue weighted by Crippen LogP contribution is -2.43. The molecule has 0 bridgehead atoms. The monoisotopic (exact) mass is 414 g/mol. The van der Waals surface area contributed by atoms with E-state index in [0.29, 0.717) is 11.6 Å². The zero-order chi connectivity index (χ0) is 19.6. The maximum atomic E-state index is 11.5. The number of rotatable bonds is 4. The van der Waals surface area contributed by atoms with E-state index in [2.05, 4.69) is 0 Å². The van der Waals surface area contributed by atoms with Gasteiger partial charge in [-0.05, 0) is 68.3 Å². The molecule has 2 fully saturated rings. The van der Waals surface area contributed by atoms with Gasteiger partial charge in [-0.1, -0.05) is 36.2 Å². The first-order chi connectivity index (χ1) is 13.6. The lowest BCUT2D eigenvalue weighted by atomic mass is 9.76. The van der Waals surface area contributed by atoms with Crippen LogP contribution in [0, 0.1) is 5.92 Å². The Balaban J connectivity index is 1.66. The van der Waals surface area contributed by atoms with Gasteiger partial charge < -0.3 is 9.84 Å². The molecule has 0 spiro atoms. The van der Waals surface area contributed by atoms with E-state index in [0.717, 1.165) is 52.9 Å². The molecular formula is C22H23ClN2O2S. The average molecular weight is 415 g/mol. The van der Waals surface area contributed by atoms with E-state index >= 15 is 0 Å². The first-order valence-electron chi connectivity index (χ1n) is 9.65. The molecule has 6 heteroatoms. The van der Waals surface area contributed by atoms with Crippen molar-refractivity contribution in [2.45, 2.75) is 38.2 Å². The van der Waals surface area contributed by atoms with Crippen LogP contribution < -0.4 is 4.74 Å². The molecule has 4 nitrogen and oxygen atoms in total. The molecule has 146 valence electrons. The Morgan fingerprint density at radius 2 is 1.75 bits per heavy atom. The van der Waals surface area contributed by atoms with Crippen molar-refractivity contribution in [2.75, 3.05) is 6.61 Å². The Morgan fingerprint density at radius 3 is 2.46 bits per heavy atom. The number of nitrogens with zero attached hydrogens (tertiary/aromatic N) is 2. The minimum Gasteiger partial charge on any atom is -0.494 e. The van der Waals surface area contributed by atoms with Gasteiger partial charge in [-0.15, -0.1) is 0 Å². The van der Waals surface area contributed by atoms with Crippen LogP contribution in [0.5, 0.6) is 5.75 Å². The molecule has 1 aliphatic heterocycles. The topological polar surface area (TPSA) is 54.2 Å². The van der Waals surface area contributed by atoms with Crippen LogP contribution in [0.4, 0.5) is 11.4 Å². The average Bonchev–Trinajstić information content (AvgIpc) is 2.97. The van der Waals surface area contributed by atoms with Crippen LogP contribution in [0.2, 0.25) is 5.02 Å². The van der Waals surface area contributed by atoms with E-state index < -0.39 is 5.60 Å². The number of halogens is 1. The highest BCUT2D eigenvalue weighted by Gasteiger charge is 2.52. The van der Waals surface area contributed by atoms with Gasteiger partial charge in [-0.25, -0.2) is 9.98 Å². The summed E-state index contributed by atoms with van der Waals surface area (Å²) in [6, 6.07) is 15.1. The van der Waals surface area contributed by atoms with Crippen molar-refractivity contribution in [1.82, 2.24) is 0 Å². The van der Waals surface area contributed by atoms with E-state index in [4.69, 9.17) is 26.3 Å². The van der Waals surface area contributed by atoms with Crippen LogP contribution in [0.1, 0.15) is 32.6 Å². The van der Waals surface area contributed by atoms with Crippen molar-refractivity contribution in [3.8, 4) is 5.75 Å². The lowest BCUT2D eigenvalue weighted by Gasteiger charge is -2.33. The zero-order valence-electron chi connectivity index (χ0n) is 15.8. The predicted molar refractivity (Wildman–Crippen MR) is 118 cm³/mol. The number of thioether (sulfide) groups is 1. The molecule has 1 saturated heterocycles. The van der Waals surface area contributed by atoms with Gasteiger partial charge in [0, 0.05) is 10.9 Å². The van der Waals surface area contributed by atoms with Crippen LogP contribution in [0.15, 0.2) is 58.5 Å². The molecule has 0 aromatic heterocycles. The minimum absolute atomic E-state index is 0.00313. The molecule has 1 N–H and O–H groups in total. The molecule has 1 saturated carbocycles. The molecular weight excluding hydrogens is 392 g/mol. The second kappa shape index (κ2) is 8.27. The fourth-order valence-corrected chi connectivity index (χ4v) is 5.26. The minimum atomic E-state index is -0.924. The van der Waals surface area contributed by atoms with Crippen molar-refractivity contribution in [1.29, 1.82) is 0 Å². The molecule has 28 heavy (non-hydrogen) atoms. The highest BCUT2D eigenvalue weighted by molar-refractivity contribution is 8.27. The number of aliphatic hydroxyl groups is 1.